The van der Waals surface area contributed by atoms with E-state index in [4.69, 9.17) is 0 Å². The lowest BCUT2D eigenvalue weighted by molar-refractivity contribution is 0.590. The Balaban J connectivity index is 1.15. The summed E-state index contributed by atoms with van der Waals surface area (Å²) >= 11 is 0. The molecule has 0 N–H and O–H groups in total. The molecule has 4 aliphatic rings. The highest BCUT2D eigenvalue weighted by molar-refractivity contribution is 7.00. The number of para-hydroxylation sites is 3. The van der Waals surface area contributed by atoms with Crippen LogP contribution in [0.4, 0.5) is 34.1 Å². The zero-order valence-corrected chi connectivity index (χ0v) is 31.8. The molecule has 2 aliphatic carbocycles. The van der Waals surface area contributed by atoms with E-state index in [0.717, 1.165) is 0 Å². The second-order valence-corrected chi connectivity index (χ2v) is 16.9. The lowest BCUT2D eigenvalue weighted by Crippen LogP contribution is -2.61. The molecule has 2 nitrogen and oxygen atoms in total. The second kappa shape index (κ2) is 11.2. The standard InChI is InChI=1S/C53H39BN2/c1-52(2,3)34-31-49-51-50(32-34)56(48-28-16-14-26-46(48)54(51)45-25-13-15-27-47(45)55(49)35-17-5-4-6-18-35)36-29-30-44-40(33-36)39-21-9-12-24-43(39)53(44)41-22-10-7-19-37(41)38-20-8-11-23-42(38)53/h4-33H,1-3H3. The van der Waals surface area contributed by atoms with Gasteiger partial charge in [0.05, 0.1) is 5.41 Å². The molecular weight excluding hydrogens is 675 g/mol. The molecule has 2 aliphatic heterocycles. The summed E-state index contributed by atoms with van der Waals surface area (Å²) in [6.45, 7) is 7.12. The third-order valence-corrected chi connectivity index (χ3v) is 13.0. The molecule has 0 aromatic heterocycles. The second-order valence-electron chi connectivity index (χ2n) is 16.9. The van der Waals surface area contributed by atoms with Crippen molar-refractivity contribution in [2.24, 2.45) is 0 Å². The molecule has 0 fully saturated rings. The number of hydrogen-bond acceptors (Lipinski definition) is 2. The predicted octanol–water partition coefficient (Wildman–Crippen LogP) is 11.4. The van der Waals surface area contributed by atoms with Crippen LogP contribution < -0.4 is 26.2 Å². The first-order valence-electron chi connectivity index (χ1n) is 19.9. The average molecular weight is 715 g/mol. The first-order valence-corrected chi connectivity index (χ1v) is 19.9. The predicted molar refractivity (Wildman–Crippen MR) is 235 cm³/mol. The minimum Gasteiger partial charge on any atom is -0.311 e. The number of anilines is 6. The molecule has 0 bridgehead atoms. The topological polar surface area (TPSA) is 6.48 Å². The first kappa shape index (κ1) is 31.7. The average Bonchev–Trinajstić information content (AvgIpc) is 3.70. The van der Waals surface area contributed by atoms with Crippen molar-refractivity contribution in [1.29, 1.82) is 0 Å². The summed E-state index contributed by atoms with van der Waals surface area (Å²) in [6.07, 6.45) is 0. The van der Waals surface area contributed by atoms with Gasteiger partial charge in [0.1, 0.15) is 0 Å². The maximum absolute atomic E-state index is 2.57. The van der Waals surface area contributed by atoms with Crippen LogP contribution in [0, 0.1) is 0 Å². The molecule has 0 saturated carbocycles. The van der Waals surface area contributed by atoms with E-state index in [1.807, 2.05) is 0 Å². The van der Waals surface area contributed by atoms with Crippen molar-refractivity contribution >= 4 is 57.2 Å². The maximum Gasteiger partial charge on any atom is 0.252 e. The van der Waals surface area contributed by atoms with Crippen LogP contribution in [0.3, 0.4) is 0 Å². The van der Waals surface area contributed by atoms with Crippen LogP contribution >= 0.6 is 0 Å². The molecule has 12 rings (SSSR count). The van der Waals surface area contributed by atoms with E-state index in [1.54, 1.807) is 0 Å². The number of benzene rings is 8. The normalized spacial score (nSPS) is 14.7. The summed E-state index contributed by atoms with van der Waals surface area (Å²) < 4.78 is 0. The van der Waals surface area contributed by atoms with Gasteiger partial charge < -0.3 is 9.80 Å². The molecular formula is C53H39BN2. The highest BCUT2D eigenvalue weighted by Gasteiger charge is 2.52. The zero-order chi connectivity index (χ0) is 37.3. The van der Waals surface area contributed by atoms with Gasteiger partial charge in [0.15, 0.2) is 0 Å². The summed E-state index contributed by atoms with van der Waals surface area (Å²) in [5.41, 5.74) is 23.0. The van der Waals surface area contributed by atoms with E-state index in [2.05, 4.69) is 213 Å². The molecule has 0 atom stereocenters. The van der Waals surface area contributed by atoms with E-state index < -0.39 is 0 Å². The van der Waals surface area contributed by atoms with Crippen molar-refractivity contribution in [2.75, 3.05) is 9.80 Å². The van der Waals surface area contributed by atoms with Gasteiger partial charge in [0.2, 0.25) is 0 Å². The Kier molecular flexibility index (Phi) is 6.37. The number of rotatable bonds is 2. The lowest BCUT2D eigenvalue weighted by atomic mass is 9.33. The Morgan fingerprint density at radius 1 is 0.393 bits per heavy atom. The van der Waals surface area contributed by atoms with Crippen LogP contribution in [0.2, 0.25) is 0 Å². The third kappa shape index (κ3) is 4.02. The molecule has 0 unspecified atom stereocenters. The SMILES string of the molecule is CC(C)(C)c1cc2c3c(c1)N(c1ccc4c(c1)-c1ccccc1C41c4ccccc4-c4ccccc41)c1ccccc1B3c1ccccc1N2c1ccccc1. The highest BCUT2D eigenvalue weighted by Crippen LogP contribution is 2.63. The minimum absolute atomic E-state index is 0.0739. The van der Waals surface area contributed by atoms with E-state index >= 15 is 0 Å². The fourth-order valence-electron chi connectivity index (χ4n) is 10.7. The van der Waals surface area contributed by atoms with Crippen LogP contribution in [0.1, 0.15) is 48.6 Å². The molecule has 8 aromatic carbocycles. The van der Waals surface area contributed by atoms with Gasteiger partial charge in [-0.2, -0.15) is 0 Å². The Labute approximate surface area is 329 Å². The number of hydrogen-bond donors (Lipinski definition) is 0. The zero-order valence-electron chi connectivity index (χ0n) is 31.8. The van der Waals surface area contributed by atoms with Gasteiger partial charge in [0, 0.05) is 34.1 Å². The smallest absolute Gasteiger partial charge is 0.252 e. The van der Waals surface area contributed by atoms with Crippen molar-refractivity contribution in [2.45, 2.75) is 31.6 Å². The Hall–Kier alpha value is -6.58. The van der Waals surface area contributed by atoms with Crippen molar-refractivity contribution in [1.82, 2.24) is 0 Å². The largest absolute Gasteiger partial charge is 0.311 e. The molecule has 0 saturated heterocycles. The van der Waals surface area contributed by atoms with E-state index in [0.29, 0.717) is 0 Å². The van der Waals surface area contributed by atoms with Crippen LogP contribution in [0.25, 0.3) is 22.3 Å². The fraction of sp³-hybridized carbons (Fsp3) is 0.0943. The molecule has 264 valence electrons. The van der Waals surface area contributed by atoms with Crippen LogP contribution in [-0.2, 0) is 10.8 Å². The summed E-state index contributed by atoms with van der Waals surface area (Å²) in [7, 11) is 0. The number of nitrogens with zero attached hydrogens (tertiary/aromatic N) is 2. The Morgan fingerprint density at radius 2 is 0.839 bits per heavy atom. The summed E-state index contributed by atoms with van der Waals surface area (Å²) in [4.78, 5) is 5.07. The lowest BCUT2D eigenvalue weighted by Gasteiger charge is -2.45. The van der Waals surface area contributed by atoms with Crippen molar-refractivity contribution in [3.8, 4) is 22.3 Å². The van der Waals surface area contributed by atoms with E-state index in [9.17, 15) is 0 Å². The molecule has 0 amide bonds. The Bertz CT molecular complexity index is 2890. The van der Waals surface area contributed by atoms with Gasteiger partial charge in [-0.15, -0.1) is 0 Å². The Morgan fingerprint density at radius 3 is 1.39 bits per heavy atom. The summed E-state index contributed by atoms with van der Waals surface area (Å²) in [6, 6.07) is 68.6. The fourth-order valence-corrected chi connectivity index (χ4v) is 10.7. The molecule has 2 heterocycles. The van der Waals surface area contributed by atoms with Crippen molar-refractivity contribution in [3.63, 3.8) is 0 Å². The maximum atomic E-state index is 2.57. The van der Waals surface area contributed by atoms with Gasteiger partial charge >= 0.3 is 0 Å². The third-order valence-electron chi connectivity index (χ3n) is 13.0. The molecule has 1 spiro atoms. The molecule has 3 heteroatoms. The van der Waals surface area contributed by atoms with Gasteiger partial charge in [-0.25, -0.2) is 0 Å². The monoisotopic (exact) mass is 714 g/mol. The van der Waals surface area contributed by atoms with Gasteiger partial charge in [-0.3, -0.25) is 0 Å². The van der Waals surface area contributed by atoms with Crippen LogP contribution in [-0.4, -0.2) is 6.71 Å². The van der Waals surface area contributed by atoms with Crippen LogP contribution in [0.5, 0.6) is 0 Å². The van der Waals surface area contributed by atoms with Gasteiger partial charge in [-0.1, -0.05) is 154 Å². The summed E-state index contributed by atoms with van der Waals surface area (Å²) in [5.74, 6) is 0. The van der Waals surface area contributed by atoms with Crippen LogP contribution in [0.15, 0.2) is 182 Å². The highest BCUT2D eigenvalue weighted by atomic mass is 15.2. The quantitative estimate of drug-likeness (QED) is 0.165. The molecule has 8 aromatic rings. The van der Waals surface area contributed by atoms with Gasteiger partial charge in [-0.05, 0) is 120 Å². The summed E-state index contributed by atoms with van der Waals surface area (Å²) in [5, 5.41) is 0. The molecule has 0 radical (unpaired) electrons. The number of fused-ring (bicyclic) bond motifs is 14. The molecule has 56 heavy (non-hydrogen) atoms. The van der Waals surface area contributed by atoms with E-state index in [-0.39, 0.29) is 17.5 Å². The first-order chi connectivity index (χ1) is 27.4. The van der Waals surface area contributed by atoms with E-state index in [1.165, 1.54) is 101 Å². The van der Waals surface area contributed by atoms with Crippen molar-refractivity contribution in [3.05, 3.63) is 210 Å². The van der Waals surface area contributed by atoms with Crippen molar-refractivity contribution < 1.29 is 0 Å². The minimum atomic E-state index is -0.367. The van der Waals surface area contributed by atoms with Gasteiger partial charge in [0.25, 0.3) is 6.71 Å².